The van der Waals surface area contributed by atoms with E-state index in [0.717, 1.165) is 46.4 Å². The van der Waals surface area contributed by atoms with Crippen LogP contribution in [-0.4, -0.2) is 56.0 Å². The van der Waals surface area contributed by atoms with Crippen LogP contribution in [0.25, 0.3) is 33.2 Å². The normalized spacial score (nSPS) is 17.3. The van der Waals surface area contributed by atoms with Gasteiger partial charge in [-0.15, -0.1) is 10.2 Å². The number of aryl methyl sites for hydroxylation is 1. The van der Waals surface area contributed by atoms with Gasteiger partial charge in [0.15, 0.2) is 5.65 Å². The van der Waals surface area contributed by atoms with Crippen LogP contribution in [0.3, 0.4) is 0 Å². The summed E-state index contributed by atoms with van der Waals surface area (Å²) in [5.74, 6) is 0.608. The number of fused-ring (bicyclic) bond motifs is 3. The van der Waals surface area contributed by atoms with Gasteiger partial charge in [0.2, 0.25) is 0 Å². The van der Waals surface area contributed by atoms with Gasteiger partial charge in [-0.25, -0.2) is 4.79 Å². The SMILES string of the molecule is CC(C)n1c(=O)n(C)c2nnc3ccc(-c4ccc(COCC5CCCN(C)C5)nc4)cc3c21. The van der Waals surface area contributed by atoms with Crippen LogP contribution in [0.15, 0.2) is 41.3 Å². The largest absolute Gasteiger partial charge is 0.375 e. The topological polar surface area (TPSA) is 78.1 Å². The van der Waals surface area contributed by atoms with Crippen molar-refractivity contribution in [1.82, 2.24) is 29.2 Å². The molecule has 1 fully saturated rings. The summed E-state index contributed by atoms with van der Waals surface area (Å²) in [4.78, 5) is 19.8. The molecular weight excluding hydrogens is 428 g/mol. The smallest absolute Gasteiger partial charge is 0.330 e. The number of nitrogens with zero attached hydrogens (tertiary/aromatic N) is 6. The van der Waals surface area contributed by atoms with Crippen LogP contribution in [0, 0.1) is 5.92 Å². The highest BCUT2D eigenvalue weighted by atomic mass is 16.5. The number of ether oxygens (including phenoxy) is 1. The fourth-order valence-electron chi connectivity index (χ4n) is 4.97. The minimum absolute atomic E-state index is 0.0159. The fraction of sp³-hybridized carbons (Fsp3) is 0.462. The van der Waals surface area contributed by atoms with Crippen LogP contribution in [0.1, 0.15) is 38.4 Å². The standard InChI is InChI=1S/C26H32N6O2/c1-17(2)32-24-22-12-19(8-10-23(22)28-29-25(24)31(4)26(32)33)20-7-9-21(27-13-20)16-34-15-18-6-5-11-30(3)14-18/h7-10,12-13,17-18H,5-6,11,14-16H2,1-4H3. The highest BCUT2D eigenvalue weighted by molar-refractivity contribution is 6.02. The van der Waals surface area contributed by atoms with Crippen LogP contribution in [0.4, 0.5) is 0 Å². The van der Waals surface area contributed by atoms with Crippen molar-refractivity contribution in [2.75, 3.05) is 26.7 Å². The Morgan fingerprint density at radius 2 is 1.94 bits per heavy atom. The van der Waals surface area contributed by atoms with E-state index in [1.165, 1.54) is 19.4 Å². The number of hydrogen-bond donors (Lipinski definition) is 0. The van der Waals surface area contributed by atoms with Gasteiger partial charge in [0.1, 0.15) is 5.52 Å². The third-order valence-electron chi connectivity index (χ3n) is 6.77. The molecular formula is C26H32N6O2. The molecule has 8 nitrogen and oxygen atoms in total. The van der Waals surface area contributed by atoms with Gasteiger partial charge in [0.25, 0.3) is 0 Å². The van der Waals surface area contributed by atoms with E-state index in [-0.39, 0.29) is 11.7 Å². The Morgan fingerprint density at radius 3 is 2.68 bits per heavy atom. The second-order valence-corrected chi connectivity index (χ2v) is 9.73. The average molecular weight is 461 g/mol. The zero-order chi connectivity index (χ0) is 23.8. The van der Waals surface area contributed by atoms with Crippen molar-refractivity contribution in [3.05, 3.63) is 52.7 Å². The lowest BCUT2D eigenvalue weighted by Gasteiger charge is -2.29. The molecule has 0 N–H and O–H groups in total. The summed E-state index contributed by atoms with van der Waals surface area (Å²) in [6, 6.07) is 10.2. The molecule has 0 amide bonds. The monoisotopic (exact) mass is 460 g/mol. The number of benzene rings is 1. The number of pyridine rings is 1. The molecule has 0 radical (unpaired) electrons. The van der Waals surface area contributed by atoms with E-state index in [1.54, 1.807) is 16.2 Å². The Balaban J connectivity index is 1.39. The first-order valence-electron chi connectivity index (χ1n) is 12.0. The minimum atomic E-state index is -0.0805. The number of likely N-dealkylation sites (tertiary alicyclic amines) is 1. The molecule has 1 atom stereocenters. The molecule has 0 bridgehead atoms. The van der Waals surface area contributed by atoms with Crippen molar-refractivity contribution in [2.45, 2.75) is 39.3 Å². The Bertz CT molecular complexity index is 1370. The molecule has 1 aliphatic heterocycles. The number of piperidine rings is 1. The highest BCUT2D eigenvalue weighted by Crippen LogP contribution is 2.28. The quantitative estimate of drug-likeness (QED) is 0.436. The molecule has 0 spiro atoms. The molecule has 1 aromatic carbocycles. The molecule has 1 saturated heterocycles. The van der Waals surface area contributed by atoms with Crippen LogP contribution >= 0.6 is 0 Å². The van der Waals surface area contributed by atoms with Gasteiger partial charge in [-0.05, 0) is 70.0 Å². The number of aromatic nitrogens is 5. The van der Waals surface area contributed by atoms with Crippen molar-refractivity contribution < 1.29 is 4.74 Å². The van der Waals surface area contributed by atoms with Crippen molar-refractivity contribution >= 4 is 22.1 Å². The first-order chi connectivity index (χ1) is 16.4. The lowest BCUT2D eigenvalue weighted by molar-refractivity contribution is 0.0563. The van der Waals surface area contributed by atoms with Gasteiger partial charge < -0.3 is 9.64 Å². The zero-order valence-electron chi connectivity index (χ0n) is 20.4. The van der Waals surface area contributed by atoms with Gasteiger partial charge in [-0.3, -0.25) is 14.1 Å². The Labute approximate surface area is 199 Å². The molecule has 1 aliphatic rings. The van der Waals surface area contributed by atoms with Crippen LogP contribution < -0.4 is 5.69 Å². The Morgan fingerprint density at radius 1 is 1.12 bits per heavy atom. The highest BCUT2D eigenvalue weighted by Gasteiger charge is 2.19. The fourth-order valence-corrected chi connectivity index (χ4v) is 4.97. The Kier molecular flexibility index (Phi) is 6.18. The summed E-state index contributed by atoms with van der Waals surface area (Å²) >= 11 is 0. The van der Waals surface area contributed by atoms with Crippen LogP contribution in [-0.2, 0) is 18.4 Å². The summed E-state index contributed by atoms with van der Waals surface area (Å²) in [5, 5.41) is 9.58. The van der Waals surface area contributed by atoms with Crippen molar-refractivity contribution in [1.29, 1.82) is 0 Å². The Hall–Kier alpha value is -3.10. The number of rotatable bonds is 6. The maximum Gasteiger partial charge on any atom is 0.330 e. The van der Waals surface area contributed by atoms with Gasteiger partial charge in [0, 0.05) is 36.8 Å². The lowest BCUT2D eigenvalue weighted by atomic mass is 10.00. The molecule has 178 valence electrons. The van der Waals surface area contributed by atoms with E-state index in [1.807, 2.05) is 38.2 Å². The van der Waals surface area contributed by atoms with Crippen molar-refractivity contribution in [3.8, 4) is 11.1 Å². The molecule has 0 saturated carbocycles. The lowest BCUT2D eigenvalue weighted by Crippen LogP contribution is -2.34. The molecule has 34 heavy (non-hydrogen) atoms. The summed E-state index contributed by atoms with van der Waals surface area (Å²) in [6.07, 6.45) is 4.38. The van der Waals surface area contributed by atoms with Crippen LogP contribution in [0.2, 0.25) is 0 Å². The summed E-state index contributed by atoms with van der Waals surface area (Å²) < 4.78 is 9.33. The molecule has 0 aliphatic carbocycles. The molecule has 4 aromatic rings. The maximum absolute atomic E-state index is 12.8. The molecule has 1 unspecified atom stereocenters. The number of hydrogen-bond acceptors (Lipinski definition) is 6. The first-order valence-corrected chi connectivity index (χ1v) is 12.0. The van der Waals surface area contributed by atoms with Gasteiger partial charge in [-0.1, -0.05) is 12.1 Å². The van der Waals surface area contributed by atoms with Gasteiger partial charge in [-0.2, -0.15) is 0 Å². The second kappa shape index (κ2) is 9.27. The zero-order valence-corrected chi connectivity index (χ0v) is 20.4. The van der Waals surface area contributed by atoms with Crippen molar-refractivity contribution in [3.63, 3.8) is 0 Å². The maximum atomic E-state index is 12.8. The third-order valence-corrected chi connectivity index (χ3v) is 6.77. The molecule has 5 rings (SSSR count). The third kappa shape index (κ3) is 4.23. The van der Waals surface area contributed by atoms with E-state index in [0.29, 0.717) is 18.2 Å². The molecule has 8 heteroatoms. The number of imidazole rings is 1. The van der Waals surface area contributed by atoms with E-state index in [4.69, 9.17) is 4.74 Å². The van der Waals surface area contributed by atoms with Gasteiger partial charge in [0.05, 0.1) is 24.4 Å². The molecule has 3 aromatic heterocycles. The predicted octanol–water partition coefficient (Wildman–Crippen LogP) is 3.78. The van der Waals surface area contributed by atoms with Crippen molar-refractivity contribution in [2.24, 2.45) is 13.0 Å². The summed E-state index contributed by atoms with van der Waals surface area (Å²) in [5.41, 5.74) is 5.07. The second-order valence-electron chi connectivity index (χ2n) is 9.73. The van der Waals surface area contributed by atoms with Gasteiger partial charge >= 0.3 is 5.69 Å². The average Bonchev–Trinajstić information content (AvgIpc) is 3.10. The summed E-state index contributed by atoms with van der Waals surface area (Å²) in [7, 11) is 3.92. The minimum Gasteiger partial charge on any atom is -0.375 e. The first kappa shape index (κ1) is 22.7. The van der Waals surface area contributed by atoms with E-state index >= 15 is 0 Å². The van der Waals surface area contributed by atoms with Crippen LogP contribution in [0.5, 0.6) is 0 Å². The predicted molar refractivity (Wildman–Crippen MR) is 134 cm³/mol. The van der Waals surface area contributed by atoms with E-state index in [9.17, 15) is 4.79 Å². The van der Waals surface area contributed by atoms with E-state index < -0.39 is 0 Å². The summed E-state index contributed by atoms with van der Waals surface area (Å²) in [6.45, 7) is 7.62. The van der Waals surface area contributed by atoms with E-state index in [2.05, 4.69) is 39.3 Å². The molecule has 4 heterocycles.